The molecule has 0 aliphatic rings. The molecule has 0 saturated carbocycles. The van der Waals surface area contributed by atoms with Gasteiger partial charge < -0.3 is 26.0 Å². The molecule has 30 heavy (non-hydrogen) atoms. The van der Waals surface area contributed by atoms with Gasteiger partial charge in [-0.15, -0.1) is 0 Å². The van der Waals surface area contributed by atoms with E-state index < -0.39 is 29.0 Å². The number of alkyl carbamates (subject to hydrolysis) is 1. The lowest BCUT2D eigenvalue weighted by molar-refractivity contribution is 0.0476. The Kier molecular flexibility index (Phi) is 9.55. The lowest BCUT2D eigenvalue weighted by Gasteiger charge is -2.27. The van der Waals surface area contributed by atoms with Gasteiger partial charge in [0.05, 0.1) is 17.6 Å². The molecule has 0 aliphatic heterocycles. The molecule has 0 fully saturated rings. The Morgan fingerprint density at radius 3 is 2.27 bits per heavy atom. The highest BCUT2D eigenvalue weighted by molar-refractivity contribution is 5.94. The SMILES string of the molecule is CCNC(=NCC(C)(C)NC(=O)OC(C)(C)C)NCCNC(=O)c1ccccc1F. The monoisotopic (exact) mass is 423 g/mol. The zero-order valence-electron chi connectivity index (χ0n) is 18.7. The van der Waals surface area contributed by atoms with Crippen LogP contribution in [0.2, 0.25) is 0 Å². The summed E-state index contributed by atoms with van der Waals surface area (Å²) < 4.78 is 18.9. The van der Waals surface area contributed by atoms with Crippen LogP contribution in [0.15, 0.2) is 29.3 Å². The third kappa shape index (κ3) is 10.1. The van der Waals surface area contributed by atoms with Crippen molar-refractivity contribution in [2.45, 2.75) is 52.7 Å². The van der Waals surface area contributed by atoms with Crippen molar-refractivity contribution in [1.29, 1.82) is 0 Å². The first-order chi connectivity index (χ1) is 13.9. The largest absolute Gasteiger partial charge is 0.444 e. The Labute approximate surface area is 178 Å². The number of halogens is 1. The van der Waals surface area contributed by atoms with Crippen molar-refractivity contribution < 1.29 is 18.7 Å². The highest BCUT2D eigenvalue weighted by Crippen LogP contribution is 2.10. The Hall–Kier alpha value is -2.84. The van der Waals surface area contributed by atoms with Gasteiger partial charge in [-0.2, -0.15) is 0 Å². The van der Waals surface area contributed by atoms with Crippen LogP contribution in [-0.4, -0.2) is 55.3 Å². The van der Waals surface area contributed by atoms with Crippen LogP contribution in [0.5, 0.6) is 0 Å². The first kappa shape index (κ1) is 25.2. The van der Waals surface area contributed by atoms with Gasteiger partial charge >= 0.3 is 6.09 Å². The Bertz CT molecular complexity index is 744. The third-order valence-electron chi connectivity index (χ3n) is 3.64. The molecule has 0 aromatic heterocycles. The lowest BCUT2D eigenvalue weighted by atomic mass is 10.1. The number of ether oxygens (including phenoxy) is 1. The second-order valence-electron chi connectivity index (χ2n) is 8.37. The van der Waals surface area contributed by atoms with Crippen LogP contribution < -0.4 is 21.3 Å². The normalized spacial score (nSPS) is 12.2. The standard InChI is InChI=1S/C21H34FN5O3/c1-7-23-18(26-14-21(5,6)27-19(29)30-20(2,3)4)25-13-12-24-17(28)15-10-8-9-11-16(15)22/h8-11H,7,12-14H2,1-6H3,(H,24,28)(H,27,29)(H2,23,25,26). The molecule has 168 valence electrons. The summed E-state index contributed by atoms with van der Waals surface area (Å²) >= 11 is 0. The lowest BCUT2D eigenvalue weighted by Crippen LogP contribution is -2.49. The fourth-order valence-electron chi connectivity index (χ4n) is 2.34. The molecule has 4 N–H and O–H groups in total. The van der Waals surface area contributed by atoms with Crippen molar-refractivity contribution in [2.24, 2.45) is 4.99 Å². The molecule has 1 aromatic rings. The minimum Gasteiger partial charge on any atom is -0.444 e. The van der Waals surface area contributed by atoms with Gasteiger partial charge in [0, 0.05) is 19.6 Å². The summed E-state index contributed by atoms with van der Waals surface area (Å²) in [5.41, 5.74) is -1.19. The second-order valence-corrected chi connectivity index (χ2v) is 8.37. The summed E-state index contributed by atoms with van der Waals surface area (Å²) in [4.78, 5) is 28.5. The van der Waals surface area contributed by atoms with Crippen molar-refractivity contribution in [2.75, 3.05) is 26.2 Å². The maximum Gasteiger partial charge on any atom is 0.408 e. The van der Waals surface area contributed by atoms with Gasteiger partial charge in [0.25, 0.3) is 5.91 Å². The number of nitrogens with one attached hydrogen (secondary N) is 4. The predicted octanol–water partition coefficient (Wildman–Crippen LogP) is 2.41. The van der Waals surface area contributed by atoms with Crippen LogP contribution in [0, 0.1) is 5.82 Å². The maximum atomic E-state index is 13.6. The van der Waals surface area contributed by atoms with E-state index in [-0.39, 0.29) is 12.1 Å². The quantitative estimate of drug-likeness (QED) is 0.292. The molecule has 9 heteroatoms. The number of benzene rings is 1. The zero-order valence-corrected chi connectivity index (χ0v) is 18.7. The second kappa shape index (κ2) is 11.4. The van der Waals surface area contributed by atoms with Crippen LogP contribution >= 0.6 is 0 Å². The Morgan fingerprint density at radius 1 is 1.03 bits per heavy atom. The molecule has 2 amide bonds. The highest BCUT2D eigenvalue weighted by atomic mass is 19.1. The van der Waals surface area contributed by atoms with Gasteiger partial charge in [0.1, 0.15) is 11.4 Å². The van der Waals surface area contributed by atoms with Gasteiger partial charge in [-0.25, -0.2) is 9.18 Å². The number of guanidine groups is 1. The summed E-state index contributed by atoms with van der Waals surface area (Å²) in [6.07, 6.45) is -0.503. The molecule has 0 heterocycles. The number of carbonyl (C=O) groups excluding carboxylic acids is 2. The van der Waals surface area contributed by atoms with Crippen molar-refractivity contribution >= 4 is 18.0 Å². The molecular formula is C21H34FN5O3. The topological polar surface area (TPSA) is 104 Å². The van der Waals surface area contributed by atoms with Crippen LogP contribution in [0.4, 0.5) is 9.18 Å². The van der Waals surface area contributed by atoms with Crippen molar-refractivity contribution in [3.63, 3.8) is 0 Å². The van der Waals surface area contributed by atoms with Crippen LogP contribution in [0.25, 0.3) is 0 Å². The summed E-state index contributed by atoms with van der Waals surface area (Å²) in [6, 6.07) is 5.82. The van der Waals surface area contributed by atoms with E-state index >= 15 is 0 Å². The number of hydrogen-bond donors (Lipinski definition) is 4. The van der Waals surface area contributed by atoms with E-state index in [1.54, 1.807) is 26.8 Å². The van der Waals surface area contributed by atoms with E-state index in [0.29, 0.717) is 25.6 Å². The molecule has 0 spiro atoms. The zero-order chi connectivity index (χ0) is 22.8. The first-order valence-corrected chi connectivity index (χ1v) is 9.99. The molecular weight excluding hydrogens is 389 g/mol. The summed E-state index contributed by atoms with van der Waals surface area (Å²) in [5, 5.41) is 11.6. The van der Waals surface area contributed by atoms with Crippen molar-refractivity contribution in [3.8, 4) is 0 Å². The predicted molar refractivity (Wildman–Crippen MR) is 116 cm³/mol. The molecule has 0 aliphatic carbocycles. The van der Waals surface area contributed by atoms with Crippen LogP contribution in [-0.2, 0) is 4.74 Å². The Balaban J connectivity index is 2.52. The van der Waals surface area contributed by atoms with E-state index in [0.717, 1.165) is 0 Å². The van der Waals surface area contributed by atoms with E-state index in [2.05, 4.69) is 26.3 Å². The van der Waals surface area contributed by atoms with E-state index in [1.165, 1.54) is 18.2 Å². The highest BCUT2D eigenvalue weighted by Gasteiger charge is 2.24. The number of nitrogens with zero attached hydrogens (tertiary/aromatic N) is 1. The average molecular weight is 424 g/mol. The van der Waals surface area contributed by atoms with Crippen LogP contribution in [0.1, 0.15) is 51.9 Å². The Morgan fingerprint density at radius 2 is 1.67 bits per heavy atom. The van der Waals surface area contributed by atoms with Gasteiger partial charge in [0.2, 0.25) is 0 Å². The fraction of sp³-hybridized carbons (Fsp3) is 0.571. The summed E-state index contributed by atoms with van der Waals surface area (Å²) in [5.74, 6) is -0.492. The minimum absolute atomic E-state index is 0.00745. The number of hydrogen-bond acceptors (Lipinski definition) is 4. The molecule has 0 unspecified atom stereocenters. The molecule has 1 aromatic carbocycles. The molecule has 0 radical (unpaired) electrons. The van der Waals surface area contributed by atoms with Gasteiger partial charge in [-0.05, 0) is 53.7 Å². The number of carbonyl (C=O) groups is 2. The molecule has 0 atom stereocenters. The maximum absolute atomic E-state index is 13.6. The average Bonchev–Trinajstić information content (AvgIpc) is 2.61. The van der Waals surface area contributed by atoms with E-state index in [9.17, 15) is 14.0 Å². The third-order valence-corrected chi connectivity index (χ3v) is 3.64. The number of aliphatic imine (C=N–C) groups is 1. The van der Waals surface area contributed by atoms with Crippen LogP contribution in [0.3, 0.4) is 0 Å². The summed E-state index contributed by atoms with van der Waals surface area (Å²) in [6.45, 7) is 12.7. The molecule has 0 saturated heterocycles. The first-order valence-electron chi connectivity index (χ1n) is 9.99. The van der Waals surface area contributed by atoms with E-state index in [1.807, 2.05) is 20.8 Å². The minimum atomic E-state index is -0.621. The molecule has 0 bridgehead atoms. The number of rotatable bonds is 8. The molecule has 8 nitrogen and oxygen atoms in total. The number of amides is 2. The van der Waals surface area contributed by atoms with Crippen molar-refractivity contribution in [3.05, 3.63) is 35.6 Å². The summed E-state index contributed by atoms with van der Waals surface area (Å²) in [7, 11) is 0. The van der Waals surface area contributed by atoms with Gasteiger partial charge in [-0.1, -0.05) is 12.1 Å². The smallest absolute Gasteiger partial charge is 0.408 e. The van der Waals surface area contributed by atoms with Crippen molar-refractivity contribution in [1.82, 2.24) is 21.3 Å². The van der Waals surface area contributed by atoms with E-state index in [4.69, 9.17) is 4.74 Å². The molecule has 1 rings (SSSR count). The fourth-order valence-corrected chi connectivity index (χ4v) is 2.34. The van der Waals surface area contributed by atoms with Gasteiger partial charge in [-0.3, -0.25) is 9.79 Å². The van der Waals surface area contributed by atoms with Gasteiger partial charge in [0.15, 0.2) is 5.96 Å².